The van der Waals surface area contributed by atoms with Gasteiger partial charge < -0.3 is 15.4 Å². The van der Waals surface area contributed by atoms with Crippen molar-refractivity contribution in [1.29, 1.82) is 0 Å². The lowest BCUT2D eigenvalue weighted by Gasteiger charge is -2.37. The van der Waals surface area contributed by atoms with E-state index >= 15 is 0 Å². The molecule has 9 heteroatoms. The molecule has 25 heavy (non-hydrogen) atoms. The zero-order chi connectivity index (χ0) is 17.7. The molecule has 1 fully saturated rings. The second-order valence-corrected chi connectivity index (χ2v) is 6.51. The first kappa shape index (κ1) is 21.8. The fourth-order valence-corrected chi connectivity index (χ4v) is 3.29. The molecule has 2 rings (SSSR count). The van der Waals surface area contributed by atoms with Crippen molar-refractivity contribution < 1.29 is 18.3 Å². The molecule has 1 aliphatic rings. The maximum atomic E-state index is 12.9. The van der Waals surface area contributed by atoms with E-state index in [9.17, 15) is 13.6 Å². The molecule has 2 N–H and O–H groups in total. The molecule has 0 spiro atoms. The minimum absolute atomic E-state index is 0. The summed E-state index contributed by atoms with van der Waals surface area (Å²) in [6.07, 6.45) is 1.93. The highest BCUT2D eigenvalue weighted by molar-refractivity contribution is 5.85. The van der Waals surface area contributed by atoms with E-state index in [1.165, 1.54) is 0 Å². The van der Waals surface area contributed by atoms with Crippen LogP contribution in [0.15, 0.2) is 0 Å². The number of halogens is 3. The summed E-state index contributed by atoms with van der Waals surface area (Å²) in [5, 5.41) is 10.1. The number of hydrogen-bond acceptors (Lipinski definition) is 4. The molecule has 6 nitrogen and oxygen atoms in total. The van der Waals surface area contributed by atoms with E-state index in [-0.39, 0.29) is 30.2 Å². The van der Waals surface area contributed by atoms with Gasteiger partial charge in [-0.05, 0) is 39.8 Å². The summed E-state index contributed by atoms with van der Waals surface area (Å²) in [6, 6.07) is 0. The van der Waals surface area contributed by atoms with Crippen molar-refractivity contribution in [2.45, 2.75) is 39.7 Å². The summed E-state index contributed by atoms with van der Waals surface area (Å²) in [5.41, 5.74) is 1.31. The van der Waals surface area contributed by atoms with Crippen LogP contribution in [-0.4, -0.2) is 49.0 Å². The number of aryl methyl sites for hydroxylation is 1. The predicted molar refractivity (Wildman–Crippen MR) is 93.3 cm³/mol. The number of nitrogens with one attached hydrogen (secondary N) is 2. The molecular formula is C16H27ClF2N4O2. The van der Waals surface area contributed by atoms with E-state index in [1.54, 1.807) is 21.0 Å². The Balaban J connectivity index is 0.00000312. The van der Waals surface area contributed by atoms with Gasteiger partial charge >= 0.3 is 6.55 Å². The summed E-state index contributed by atoms with van der Waals surface area (Å²) in [4.78, 5) is 12.3. The van der Waals surface area contributed by atoms with Crippen LogP contribution >= 0.6 is 12.4 Å². The van der Waals surface area contributed by atoms with E-state index in [1.807, 2.05) is 0 Å². The monoisotopic (exact) mass is 380 g/mol. The fraction of sp³-hybridized carbons (Fsp3) is 0.750. The maximum absolute atomic E-state index is 12.9. The van der Waals surface area contributed by atoms with Crippen molar-refractivity contribution in [2.75, 3.05) is 33.4 Å². The number of carbonyl (C=O) groups excluding carboxylic acids is 1. The van der Waals surface area contributed by atoms with Gasteiger partial charge in [-0.1, -0.05) is 0 Å². The molecule has 0 radical (unpaired) electrons. The second kappa shape index (κ2) is 9.45. The van der Waals surface area contributed by atoms with Gasteiger partial charge in [0.1, 0.15) is 0 Å². The number of alkyl halides is 2. The summed E-state index contributed by atoms with van der Waals surface area (Å²) < 4.78 is 31.7. The Hall–Kier alpha value is -1.25. The first-order valence-corrected chi connectivity index (χ1v) is 8.17. The number of methoxy groups -OCH3 is 1. The van der Waals surface area contributed by atoms with E-state index in [0.717, 1.165) is 25.9 Å². The molecule has 1 aliphatic heterocycles. The van der Waals surface area contributed by atoms with Crippen LogP contribution < -0.4 is 10.6 Å². The number of aromatic nitrogens is 2. The zero-order valence-electron chi connectivity index (χ0n) is 14.9. The van der Waals surface area contributed by atoms with Crippen LogP contribution in [-0.2, 0) is 16.0 Å². The SMILES string of the molecule is COCC1(CNC(=O)Cc2c(C)nn(C(F)F)c2C)CCNCC1.Cl. The lowest BCUT2D eigenvalue weighted by molar-refractivity contribution is -0.121. The third-order valence-corrected chi connectivity index (χ3v) is 4.77. The normalized spacial score (nSPS) is 16.6. The van der Waals surface area contributed by atoms with Gasteiger partial charge in [0.2, 0.25) is 5.91 Å². The number of rotatable bonds is 7. The van der Waals surface area contributed by atoms with Crippen molar-refractivity contribution in [3.05, 3.63) is 17.0 Å². The van der Waals surface area contributed by atoms with Crippen LogP contribution in [0.4, 0.5) is 8.78 Å². The molecule has 0 bridgehead atoms. The number of nitrogens with zero attached hydrogens (tertiary/aromatic N) is 2. The average molecular weight is 381 g/mol. The molecule has 0 saturated carbocycles. The second-order valence-electron chi connectivity index (χ2n) is 6.51. The Labute approximate surface area is 153 Å². The molecule has 0 unspecified atom stereocenters. The van der Waals surface area contributed by atoms with Gasteiger partial charge in [0.15, 0.2) is 0 Å². The van der Waals surface area contributed by atoms with Gasteiger partial charge in [-0.25, -0.2) is 4.68 Å². The number of carbonyl (C=O) groups is 1. The third kappa shape index (κ3) is 5.36. The third-order valence-electron chi connectivity index (χ3n) is 4.77. The Kier molecular flexibility index (Phi) is 8.24. The van der Waals surface area contributed by atoms with Crippen LogP contribution in [0, 0.1) is 19.3 Å². The molecule has 1 amide bonds. The standard InChI is InChI=1S/C16H26F2N4O2.ClH/c1-11-13(12(2)22(21-11)15(17)18)8-14(23)20-9-16(10-24-3)4-6-19-7-5-16;/h15,19H,4-10H2,1-3H3,(H,20,23);1H. The quantitative estimate of drug-likeness (QED) is 0.759. The fourth-order valence-electron chi connectivity index (χ4n) is 3.29. The molecule has 0 aliphatic carbocycles. The van der Waals surface area contributed by atoms with Gasteiger partial charge in [-0.3, -0.25) is 4.79 Å². The summed E-state index contributed by atoms with van der Waals surface area (Å²) in [6.45, 7) is 3.44. The minimum atomic E-state index is -2.69. The molecule has 0 atom stereocenters. The highest BCUT2D eigenvalue weighted by Gasteiger charge is 2.32. The number of piperidine rings is 1. The van der Waals surface area contributed by atoms with E-state index < -0.39 is 6.55 Å². The highest BCUT2D eigenvalue weighted by atomic mass is 35.5. The van der Waals surface area contributed by atoms with Crippen LogP contribution in [0.3, 0.4) is 0 Å². The minimum Gasteiger partial charge on any atom is -0.384 e. The number of amides is 1. The molecular weight excluding hydrogens is 354 g/mol. The van der Waals surface area contributed by atoms with Gasteiger partial charge in [-0.2, -0.15) is 13.9 Å². The Morgan fingerprint density at radius 3 is 2.56 bits per heavy atom. The van der Waals surface area contributed by atoms with Gasteiger partial charge in [0.05, 0.1) is 18.7 Å². The largest absolute Gasteiger partial charge is 0.384 e. The van der Waals surface area contributed by atoms with Gasteiger partial charge in [-0.15, -0.1) is 12.4 Å². The van der Waals surface area contributed by atoms with E-state index in [2.05, 4.69) is 15.7 Å². The van der Waals surface area contributed by atoms with Gasteiger partial charge in [0, 0.05) is 30.3 Å². The lowest BCUT2D eigenvalue weighted by Crippen LogP contribution is -2.47. The van der Waals surface area contributed by atoms with Crippen LogP contribution in [0.5, 0.6) is 0 Å². The summed E-state index contributed by atoms with van der Waals surface area (Å²) >= 11 is 0. The number of ether oxygens (including phenoxy) is 1. The molecule has 1 aromatic rings. The van der Waals surface area contributed by atoms with Crippen molar-refractivity contribution in [1.82, 2.24) is 20.4 Å². The topological polar surface area (TPSA) is 68.2 Å². The van der Waals surface area contributed by atoms with Crippen LogP contribution in [0.25, 0.3) is 0 Å². The predicted octanol–water partition coefficient (Wildman–Crippen LogP) is 1.99. The highest BCUT2D eigenvalue weighted by Crippen LogP contribution is 2.28. The van der Waals surface area contributed by atoms with Crippen molar-refractivity contribution in [2.24, 2.45) is 5.41 Å². The smallest absolute Gasteiger partial charge is 0.333 e. The van der Waals surface area contributed by atoms with E-state index in [0.29, 0.717) is 34.8 Å². The lowest BCUT2D eigenvalue weighted by atomic mass is 9.79. The average Bonchev–Trinajstić information content (AvgIpc) is 2.83. The van der Waals surface area contributed by atoms with Crippen LogP contribution in [0.2, 0.25) is 0 Å². The first-order chi connectivity index (χ1) is 11.4. The molecule has 1 saturated heterocycles. The Bertz CT molecular complexity index is 569. The Morgan fingerprint density at radius 2 is 2.04 bits per heavy atom. The van der Waals surface area contributed by atoms with Crippen LogP contribution in [0.1, 0.15) is 36.3 Å². The number of hydrogen-bond donors (Lipinski definition) is 2. The molecule has 2 heterocycles. The van der Waals surface area contributed by atoms with Gasteiger partial charge in [0.25, 0.3) is 0 Å². The van der Waals surface area contributed by atoms with Crippen molar-refractivity contribution >= 4 is 18.3 Å². The molecule has 0 aromatic carbocycles. The molecule has 144 valence electrons. The van der Waals surface area contributed by atoms with Crippen molar-refractivity contribution in [3.8, 4) is 0 Å². The molecule has 1 aromatic heterocycles. The zero-order valence-corrected chi connectivity index (χ0v) is 15.7. The summed E-state index contributed by atoms with van der Waals surface area (Å²) in [7, 11) is 1.66. The summed E-state index contributed by atoms with van der Waals surface area (Å²) in [5.74, 6) is -0.177. The van der Waals surface area contributed by atoms with Crippen molar-refractivity contribution in [3.63, 3.8) is 0 Å². The maximum Gasteiger partial charge on any atom is 0.333 e. The van der Waals surface area contributed by atoms with E-state index in [4.69, 9.17) is 4.74 Å². The first-order valence-electron chi connectivity index (χ1n) is 8.17. The Morgan fingerprint density at radius 1 is 1.40 bits per heavy atom.